The number of amides is 4. The van der Waals surface area contributed by atoms with E-state index in [2.05, 4.69) is 10.6 Å². The Kier molecular flexibility index (Phi) is 12.3. The summed E-state index contributed by atoms with van der Waals surface area (Å²) < 4.78 is 20.4. The summed E-state index contributed by atoms with van der Waals surface area (Å²) in [5.74, 6) is -4.23. The van der Waals surface area contributed by atoms with Gasteiger partial charge in [0.2, 0.25) is 0 Å². The van der Waals surface area contributed by atoms with E-state index >= 15 is 0 Å². The Labute approximate surface area is 232 Å². The minimum atomic E-state index is -1.81. The summed E-state index contributed by atoms with van der Waals surface area (Å²) in [5.41, 5.74) is -3.27. The molecule has 0 aromatic rings. The molecule has 1 heterocycles. The third-order valence-electron chi connectivity index (χ3n) is 4.77. The Morgan fingerprint density at radius 1 is 0.700 bits per heavy atom. The fourth-order valence-corrected chi connectivity index (χ4v) is 2.80. The smallest absolute Gasteiger partial charge is 0.407 e. The topological polar surface area (TPSA) is 193 Å². The molecule has 15 heteroatoms. The molecule has 0 radical (unpaired) electrons. The number of esters is 2. The zero-order chi connectivity index (χ0) is 30.7. The normalized spacial score (nSPS) is 13.8. The Bertz CT molecular complexity index is 915. The van der Waals surface area contributed by atoms with Crippen molar-refractivity contribution in [3.63, 3.8) is 0 Å². The molecule has 0 aromatic carbocycles. The molecule has 2 N–H and O–H groups in total. The number of nitrogens with zero attached hydrogens (tertiary/aromatic N) is 1. The SMILES string of the molecule is CC(C)(C)OC(=O)NCCC(=O)OCC(C)(COC(=O)CCNC(=O)OC(C)(C)C)C(=O)ON1C(=O)CCC1=O. The second kappa shape index (κ2) is 14.5. The van der Waals surface area contributed by atoms with E-state index in [0.29, 0.717) is 5.06 Å². The molecule has 0 bridgehead atoms. The number of hydrogen-bond acceptors (Lipinski definition) is 12. The molecule has 1 saturated heterocycles. The van der Waals surface area contributed by atoms with Crippen LogP contribution in [0.3, 0.4) is 0 Å². The second-order valence-electron chi connectivity index (χ2n) is 11.2. The lowest BCUT2D eigenvalue weighted by Crippen LogP contribution is -2.45. The van der Waals surface area contributed by atoms with E-state index in [0.717, 1.165) is 0 Å². The van der Waals surface area contributed by atoms with Crippen molar-refractivity contribution in [3.05, 3.63) is 0 Å². The van der Waals surface area contributed by atoms with Gasteiger partial charge in [0.1, 0.15) is 29.8 Å². The van der Waals surface area contributed by atoms with Crippen molar-refractivity contribution in [1.29, 1.82) is 0 Å². The summed E-state index contributed by atoms with van der Waals surface area (Å²) in [6.07, 6.45) is -2.29. The van der Waals surface area contributed by atoms with Gasteiger partial charge in [0.05, 0.1) is 12.8 Å². The highest BCUT2D eigenvalue weighted by Gasteiger charge is 2.43. The van der Waals surface area contributed by atoms with Crippen molar-refractivity contribution < 1.29 is 57.3 Å². The van der Waals surface area contributed by atoms with Gasteiger partial charge in [-0.05, 0) is 48.5 Å². The molecule has 0 aromatic heterocycles. The molecule has 0 aliphatic carbocycles. The number of nitrogens with one attached hydrogen (secondary N) is 2. The largest absolute Gasteiger partial charge is 0.464 e. The zero-order valence-electron chi connectivity index (χ0n) is 24.0. The Morgan fingerprint density at radius 2 is 1.07 bits per heavy atom. The van der Waals surface area contributed by atoms with E-state index in [4.69, 9.17) is 23.8 Å². The van der Waals surface area contributed by atoms with Gasteiger partial charge in [-0.25, -0.2) is 14.4 Å². The molecular formula is C25H39N3O12. The van der Waals surface area contributed by atoms with Crippen molar-refractivity contribution in [2.45, 2.75) is 85.4 Å². The maximum atomic E-state index is 12.9. The van der Waals surface area contributed by atoms with Gasteiger partial charge in [-0.1, -0.05) is 0 Å². The number of carbonyl (C=O) groups excluding carboxylic acids is 7. The molecular weight excluding hydrogens is 534 g/mol. The maximum Gasteiger partial charge on any atom is 0.407 e. The summed E-state index contributed by atoms with van der Waals surface area (Å²) >= 11 is 0. The highest BCUT2D eigenvalue weighted by atomic mass is 16.7. The van der Waals surface area contributed by atoms with Crippen LogP contribution in [0.4, 0.5) is 9.59 Å². The molecule has 1 rings (SSSR count). The van der Waals surface area contributed by atoms with E-state index in [1.54, 1.807) is 41.5 Å². The van der Waals surface area contributed by atoms with Gasteiger partial charge in [0.25, 0.3) is 11.8 Å². The first-order chi connectivity index (χ1) is 18.3. The predicted octanol–water partition coefficient (Wildman–Crippen LogP) is 1.52. The number of alkyl carbamates (subject to hydrolysis) is 2. The van der Waals surface area contributed by atoms with Gasteiger partial charge in [-0.15, -0.1) is 5.06 Å². The lowest BCUT2D eigenvalue weighted by Gasteiger charge is -2.27. The Hall–Kier alpha value is -3.91. The van der Waals surface area contributed by atoms with Crippen LogP contribution in [0.25, 0.3) is 0 Å². The summed E-state index contributed by atoms with van der Waals surface area (Å²) in [4.78, 5) is 89.4. The predicted molar refractivity (Wildman–Crippen MR) is 135 cm³/mol. The summed E-state index contributed by atoms with van der Waals surface area (Å²) in [6.45, 7) is 9.78. The van der Waals surface area contributed by atoms with Crippen LogP contribution >= 0.6 is 0 Å². The molecule has 226 valence electrons. The third kappa shape index (κ3) is 13.2. The standard InChI is InChI=1S/C25H39N3O12/c1-23(2,3)38-21(34)26-12-10-18(31)36-14-25(7,20(33)40-28-16(29)8-9-17(28)30)15-37-19(32)11-13-27-22(35)39-24(4,5)6/h8-15H2,1-7H3,(H,26,34)(H,27,35). The number of rotatable bonds is 12. The maximum absolute atomic E-state index is 12.9. The molecule has 1 aliphatic heterocycles. The van der Waals surface area contributed by atoms with Gasteiger partial charge >= 0.3 is 30.1 Å². The first kappa shape index (κ1) is 34.1. The Balaban J connectivity index is 2.72. The van der Waals surface area contributed by atoms with Crippen LogP contribution in [0.1, 0.15) is 74.1 Å². The quantitative estimate of drug-likeness (QED) is 0.194. The molecule has 4 amide bonds. The fraction of sp³-hybridized carbons (Fsp3) is 0.720. The molecule has 0 spiro atoms. The number of imide groups is 1. The van der Waals surface area contributed by atoms with Crippen molar-refractivity contribution in [3.8, 4) is 0 Å². The fourth-order valence-electron chi connectivity index (χ4n) is 2.80. The molecule has 0 atom stereocenters. The number of hydroxylamine groups is 2. The molecule has 0 saturated carbocycles. The van der Waals surface area contributed by atoms with Crippen LogP contribution in [-0.2, 0) is 47.8 Å². The lowest BCUT2D eigenvalue weighted by molar-refractivity contribution is -0.209. The van der Waals surface area contributed by atoms with Crippen molar-refractivity contribution in [2.75, 3.05) is 26.3 Å². The third-order valence-corrected chi connectivity index (χ3v) is 4.77. The minimum Gasteiger partial charge on any atom is -0.464 e. The number of ether oxygens (including phenoxy) is 4. The van der Waals surface area contributed by atoms with Crippen LogP contribution in [0, 0.1) is 5.41 Å². The summed E-state index contributed by atoms with van der Waals surface area (Å²) in [7, 11) is 0. The molecule has 40 heavy (non-hydrogen) atoms. The molecule has 1 aliphatic rings. The van der Waals surface area contributed by atoms with Crippen molar-refractivity contribution in [2.24, 2.45) is 5.41 Å². The van der Waals surface area contributed by atoms with Crippen molar-refractivity contribution >= 4 is 41.9 Å². The number of hydrogen-bond donors (Lipinski definition) is 2. The van der Waals surface area contributed by atoms with E-state index in [-0.39, 0.29) is 38.8 Å². The second-order valence-corrected chi connectivity index (χ2v) is 11.2. The van der Waals surface area contributed by atoms with Gasteiger partial charge < -0.3 is 34.4 Å². The Morgan fingerprint density at radius 3 is 1.43 bits per heavy atom. The average molecular weight is 574 g/mol. The monoisotopic (exact) mass is 573 g/mol. The van der Waals surface area contributed by atoms with E-state index in [9.17, 15) is 33.6 Å². The van der Waals surface area contributed by atoms with E-state index in [1.807, 2.05) is 0 Å². The summed E-state index contributed by atoms with van der Waals surface area (Å²) in [6, 6.07) is 0. The lowest BCUT2D eigenvalue weighted by atomic mass is 9.93. The molecule has 15 nitrogen and oxygen atoms in total. The molecule has 1 fully saturated rings. The molecule has 0 unspecified atom stereocenters. The van der Waals surface area contributed by atoms with Crippen LogP contribution in [0.15, 0.2) is 0 Å². The highest BCUT2D eigenvalue weighted by Crippen LogP contribution is 2.24. The average Bonchev–Trinajstić information content (AvgIpc) is 3.11. The summed E-state index contributed by atoms with van der Waals surface area (Å²) in [5, 5.41) is 5.09. The van der Waals surface area contributed by atoms with E-state index in [1.165, 1.54) is 6.92 Å². The van der Waals surface area contributed by atoms with Gasteiger partial charge in [0, 0.05) is 25.9 Å². The van der Waals surface area contributed by atoms with Gasteiger partial charge in [-0.3, -0.25) is 19.2 Å². The highest BCUT2D eigenvalue weighted by molar-refractivity contribution is 6.01. The van der Waals surface area contributed by atoms with Gasteiger partial charge in [-0.2, -0.15) is 0 Å². The zero-order valence-corrected chi connectivity index (χ0v) is 24.0. The van der Waals surface area contributed by atoms with Gasteiger partial charge in [0.15, 0.2) is 0 Å². The van der Waals surface area contributed by atoms with E-state index < -0.39 is 71.7 Å². The van der Waals surface area contributed by atoms with Crippen LogP contribution < -0.4 is 10.6 Å². The first-order valence-corrected chi connectivity index (χ1v) is 12.6. The number of carbonyl (C=O) groups is 7. The minimum absolute atomic E-state index is 0.120. The van der Waals surface area contributed by atoms with Crippen LogP contribution in [-0.4, -0.2) is 84.5 Å². The van der Waals surface area contributed by atoms with Crippen LogP contribution in [0.2, 0.25) is 0 Å². The van der Waals surface area contributed by atoms with Crippen molar-refractivity contribution in [1.82, 2.24) is 15.7 Å². The van der Waals surface area contributed by atoms with Crippen LogP contribution in [0.5, 0.6) is 0 Å². The first-order valence-electron chi connectivity index (χ1n) is 12.6.